The van der Waals surface area contributed by atoms with Crippen LogP contribution >= 0.6 is 0 Å². The van der Waals surface area contributed by atoms with Crippen molar-refractivity contribution in [3.63, 3.8) is 0 Å². The Kier molecular flexibility index (Phi) is 5.42. The third kappa shape index (κ3) is 3.42. The molecule has 5 aromatic carbocycles. The number of fused-ring (bicyclic) bond motifs is 2. The van der Waals surface area contributed by atoms with Crippen molar-refractivity contribution in [2.24, 2.45) is 5.41 Å². The van der Waals surface area contributed by atoms with Gasteiger partial charge in [-0.05, 0) is 61.2 Å². The van der Waals surface area contributed by atoms with Gasteiger partial charge in [-0.1, -0.05) is 115 Å². The molecule has 0 radical (unpaired) electrons. The van der Waals surface area contributed by atoms with E-state index in [1.165, 1.54) is 0 Å². The summed E-state index contributed by atoms with van der Waals surface area (Å²) >= 11 is 0. The fourth-order valence-corrected chi connectivity index (χ4v) is 5.59. The number of hydrogen-bond acceptors (Lipinski definition) is 2. The number of carbonyl (C=O) groups excluding carboxylic acids is 2. The van der Waals surface area contributed by atoms with Crippen LogP contribution in [0.3, 0.4) is 0 Å². The van der Waals surface area contributed by atoms with Crippen LogP contribution in [0.25, 0.3) is 33.5 Å². The molecule has 1 aliphatic carbocycles. The lowest BCUT2D eigenvalue weighted by atomic mass is 9.63. The van der Waals surface area contributed by atoms with E-state index in [9.17, 15) is 9.59 Å². The summed E-state index contributed by atoms with van der Waals surface area (Å²) in [5.41, 5.74) is 3.37. The van der Waals surface area contributed by atoms with Gasteiger partial charge in [0.15, 0.2) is 0 Å². The Hall–Kier alpha value is -4.56. The fourth-order valence-electron chi connectivity index (χ4n) is 5.59. The van der Waals surface area contributed by atoms with E-state index in [2.05, 4.69) is 48.5 Å². The van der Waals surface area contributed by atoms with Gasteiger partial charge < -0.3 is 9.59 Å². The lowest BCUT2D eigenvalue weighted by Gasteiger charge is -2.36. The SMILES string of the molecule is O=CC1(C=O)C(c2cc(-c3ccccc3)cc3ccccc23)=c2ccccc2=CC1c1ccccc1. The van der Waals surface area contributed by atoms with Gasteiger partial charge in [0, 0.05) is 5.92 Å². The molecule has 5 aromatic rings. The molecule has 172 valence electrons. The lowest BCUT2D eigenvalue weighted by Crippen LogP contribution is -2.45. The molecule has 1 unspecified atom stereocenters. The number of carbonyl (C=O) groups is 2. The normalized spacial score (nSPS) is 16.1. The summed E-state index contributed by atoms with van der Waals surface area (Å²) < 4.78 is 0. The highest BCUT2D eigenvalue weighted by Crippen LogP contribution is 2.46. The number of aldehydes is 2. The van der Waals surface area contributed by atoms with Crippen LogP contribution < -0.4 is 10.4 Å². The Bertz CT molecular complexity index is 1710. The van der Waals surface area contributed by atoms with Gasteiger partial charge in [0.05, 0.1) is 0 Å². The van der Waals surface area contributed by atoms with Gasteiger partial charge in [0.2, 0.25) is 0 Å². The first-order chi connectivity index (χ1) is 17.7. The summed E-state index contributed by atoms with van der Waals surface area (Å²) in [5.74, 6) is -0.419. The smallest absolute Gasteiger partial charge is 0.138 e. The van der Waals surface area contributed by atoms with Gasteiger partial charge in [-0.3, -0.25) is 0 Å². The molecule has 0 bridgehead atoms. The molecule has 1 atom stereocenters. The summed E-state index contributed by atoms with van der Waals surface area (Å²) in [7, 11) is 0. The zero-order chi connectivity index (χ0) is 24.5. The van der Waals surface area contributed by atoms with Gasteiger partial charge in [0.1, 0.15) is 18.0 Å². The van der Waals surface area contributed by atoms with Crippen LogP contribution in [0, 0.1) is 5.41 Å². The van der Waals surface area contributed by atoms with E-state index in [0.717, 1.165) is 61.6 Å². The molecule has 0 saturated carbocycles. The Morgan fingerprint density at radius 3 is 2.00 bits per heavy atom. The van der Waals surface area contributed by atoms with Crippen LogP contribution in [0.15, 0.2) is 121 Å². The first-order valence-electron chi connectivity index (χ1n) is 12.1. The molecule has 0 heterocycles. The van der Waals surface area contributed by atoms with Crippen LogP contribution in [-0.4, -0.2) is 12.6 Å². The summed E-state index contributed by atoms with van der Waals surface area (Å²) in [5, 5.41) is 4.02. The quantitative estimate of drug-likeness (QED) is 0.248. The second-order valence-corrected chi connectivity index (χ2v) is 9.30. The van der Waals surface area contributed by atoms with Crippen molar-refractivity contribution >= 4 is 35.0 Å². The van der Waals surface area contributed by atoms with Crippen molar-refractivity contribution in [1.29, 1.82) is 0 Å². The average Bonchev–Trinajstić information content (AvgIpc) is 2.96. The van der Waals surface area contributed by atoms with E-state index in [-0.39, 0.29) is 0 Å². The molecule has 2 nitrogen and oxygen atoms in total. The molecule has 0 aromatic heterocycles. The Balaban J connectivity index is 1.77. The van der Waals surface area contributed by atoms with Gasteiger partial charge in [-0.2, -0.15) is 0 Å². The molecule has 0 saturated heterocycles. The minimum Gasteiger partial charge on any atom is -0.302 e. The van der Waals surface area contributed by atoms with Crippen molar-refractivity contribution in [1.82, 2.24) is 0 Å². The third-order valence-electron chi connectivity index (χ3n) is 7.31. The molecule has 6 rings (SSSR count). The number of benzene rings is 5. The molecular formula is C34H24O2. The summed E-state index contributed by atoms with van der Waals surface area (Å²) in [6.07, 6.45) is 3.77. The summed E-state index contributed by atoms with van der Waals surface area (Å²) in [6.45, 7) is 0. The Labute approximate surface area is 209 Å². The molecule has 0 fully saturated rings. The molecule has 0 aliphatic heterocycles. The van der Waals surface area contributed by atoms with Gasteiger partial charge in [0.25, 0.3) is 0 Å². The van der Waals surface area contributed by atoms with E-state index in [0.29, 0.717) is 0 Å². The maximum absolute atomic E-state index is 13.1. The molecule has 36 heavy (non-hydrogen) atoms. The monoisotopic (exact) mass is 464 g/mol. The topological polar surface area (TPSA) is 34.1 Å². The van der Waals surface area contributed by atoms with Crippen molar-refractivity contribution in [3.05, 3.63) is 143 Å². The number of hydrogen-bond donors (Lipinski definition) is 0. The Morgan fingerprint density at radius 2 is 1.25 bits per heavy atom. The minimum absolute atomic E-state index is 0.419. The zero-order valence-electron chi connectivity index (χ0n) is 19.7. The van der Waals surface area contributed by atoms with Crippen LogP contribution in [0.5, 0.6) is 0 Å². The van der Waals surface area contributed by atoms with E-state index in [4.69, 9.17) is 0 Å². The second-order valence-electron chi connectivity index (χ2n) is 9.30. The van der Waals surface area contributed by atoms with Crippen LogP contribution in [0.1, 0.15) is 17.0 Å². The van der Waals surface area contributed by atoms with E-state index in [1.54, 1.807) is 0 Å². The molecule has 1 aliphatic rings. The standard InChI is InChI=1S/C34H24O2/c35-22-34(23-36)32(25-13-5-2-6-14-25)21-27-16-8-10-18-30(27)33(34)31-20-28(24-11-3-1-4-12-24)19-26-15-7-9-17-29(26)31/h1-23,32H. The molecular weight excluding hydrogens is 440 g/mol. The first-order valence-corrected chi connectivity index (χ1v) is 12.1. The third-order valence-corrected chi connectivity index (χ3v) is 7.31. The van der Waals surface area contributed by atoms with Crippen LogP contribution in [-0.2, 0) is 9.59 Å². The number of rotatable bonds is 5. The van der Waals surface area contributed by atoms with Crippen molar-refractivity contribution < 1.29 is 9.59 Å². The second kappa shape index (κ2) is 8.90. The molecule has 2 heteroatoms. The highest BCUT2D eigenvalue weighted by atomic mass is 16.1. The predicted molar refractivity (Wildman–Crippen MR) is 146 cm³/mol. The van der Waals surface area contributed by atoms with Crippen molar-refractivity contribution in [2.75, 3.05) is 0 Å². The molecule has 0 spiro atoms. The van der Waals surface area contributed by atoms with Gasteiger partial charge in [-0.15, -0.1) is 0 Å². The van der Waals surface area contributed by atoms with Crippen LogP contribution in [0.2, 0.25) is 0 Å². The van der Waals surface area contributed by atoms with E-state index in [1.807, 2.05) is 78.9 Å². The average molecular weight is 465 g/mol. The lowest BCUT2D eigenvalue weighted by molar-refractivity contribution is -0.123. The minimum atomic E-state index is -1.37. The zero-order valence-corrected chi connectivity index (χ0v) is 19.7. The maximum Gasteiger partial charge on any atom is 0.138 e. The van der Waals surface area contributed by atoms with Gasteiger partial charge >= 0.3 is 0 Å². The predicted octanol–water partition coefficient (Wildman–Crippen LogP) is 5.67. The molecule has 0 amide bonds. The maximum atomic E-state index is 13.1. The van der Waals surface area contributed by atoms with Crippen LogP contribution in [0.4, 0.5) is 0 Å². The summed E-state index contributed by atoms with van der Waals surface area (Å²) in [6, 6.07) is 40.6. The van der Waals surface area contributed by atoms with Crippen molar-refractivity contribution in [2.45, 2.75) is 5.92 Å². The fraction of sp³-hybridized carbons (Fsp3) is 0.0588. The highest BCUT2D eigenvalue weighted by molar-refractivity contribution is 6.09. The highest BCUT2D eigenvalue weighted by Gasteiger charge is 2.45. The summed E-state index contributed by atoms with van der Waals surface area (Å²) in [4.78, 5) is 26.2. The van der Waals surface area contributed by atoms with E-state index < -0.39 is 11.3 Å². The van der Waals surface area contributed by atoms with Crippen molar-refractivity contribution in [3.8, 4) is 11.1 Å². The molecule has 0 N–H and O–H groups in total. The largest absolute Gasteiger partial charge is 0.302 e. The van der Waals surface area contributed by atoms with Gasteiger partial charge in [-0.25, -0.2) is 0 Å². The Morgan fingerprint density at radius 1 is 0.611 bits per heavy atom. The van der Waals surface area contributed by atoms with E-state index >= 15 is 0 Å². The first kappa shape index (κ1) is 21.9.